The molecule has 134 valence electrons. The molecule has 3 rings (SSSR count). The van der Waals surface area contributed by atoms with Gasteiger partial charge in [0.25, 0.3) is 11.8 Å². The van der Waals surface area contributed by atoms with Gasteiger partial charge in [-0.2, -0.15) is 0 Å². The number of anilines is 1. The highest BCUT2D eigenvalue weighted by Gasteiger charge is 2.39. The molecule has 1 aliphatic rings. The highest BCUT2D eigenvalue weighted by Crippen LogP contribution is 2.38. The van der Waals surface area contributed by atoms with Crippen molar-refractivity contribution in [2.75, 3.05) is 24.9 Å². The molecule has 0 fully saturated rings. The lowest BCUT2D eigenvalue weighted by atomic mass is 10.1. The van der Waals surface area contributed by atoms with Crippen molar-refractivity contribution >= 4 is 34.8 Å². The van der Waals surface area contributed by atoms with Crippen LogP contribution in [0.2, 0.25) is 0 Å². The number of methoxy groups -OCH3 is 2. The summed E-state index contributed by atoms with van der Waals surface area (Å²) in [6.45, 7) is 1.96. The van der Waals surface area contributed by atoms with E-state index in [2.05, 4.69) is 0 Å². The van der Waals surface area contributed by atoms with Crippen LogP contribution in [-0.4, -0.2) is 31.8 Å². The summed E-state index contributed by atoms with van der Waals surface area (Å²) in [7, 11) is 3.16. The van der Waals surface area contributed by atoms with Gasteiger partial charge in [-0.25, -0.2) is 4.90 Å². The predicted octanol–water partition coefficient (Wildman–Crippen LogP) is 3.74. The summed E-state index contributed by atoms with van der Waals surface area (Å²) in [5.41, 5.74) is 1.66. The minimum absolute atomic E-state index is 0.294. The Bertz CT molecular complexity index is 856. The van der Waals surface area contributed by atoms with Crippen molar-refractivity contribution < 1.29 is 19.1 Å². The second-order valence-corrected chi connectivity index (χ2v) is 6.78. The maximum absolute atomic E-state index is 13.1. The van der Waals surface area contributed by atoms with Gasteiger partial charge in [-0.3, -0.25) is 9.59 Å². The quantitative estimate of drug-likeness (QED) is 0.726. The third kappa shape index (κ3) is 3.20. The summed E-state index contributed by atoms with van der Waals surface area (Å²) in [5.74, 6) is 1.45. The molecule has 0 atom stereocenters. The Balaban J connectivity index is 2.02. The zero-order chi connectivity index (χ0) is 18.7. The molecule has 6 heteroatoms. The number of carbonyl (C=O) groups is 2. The van der Waals surface area contributed by atoms with E-state index in [1.165, 1.54) is 16.7 Å². The van der Waals surface area contributed by atoms with Gasteiger partial charge in [0, 0.05) is 0 Å². The molecule has 2 aromatic rings. The molecule has 5 nitrogen and oxygen atoms in total. The third-order valence-corrected chi connectivity index (χ3v) is 5.00. The van der Waals surface area contributed by atoms with Gasteiger partial charge >= 0.3 is 0 Å². The standard InChI is InChI=1S/C20H19NO4S/c1-4-26-18-17(13-5-9-15(24-2)10-6-13)19(22)21(20(18)23)14-7-11-16(25-3)12-8-14/h5-12H,4H2,1-3H3. The molecular formula is C20H19NO4S. The largest absolute Gasteiger partial charge is 0.497 e. The summed E-state index contributed by atoms with van der Waals surface area (Å²) in [6.07, 6.45) is 0. The Hall–Kier alpha value is -2.73. The van der Waals surface area contributed by atoms with Crippen molar-refractivity contribution in [2.45, 2.75) is 6.92 Å². The van der Waals surface area contributed by atoms with E-state index in [1.807, 2.05) is 6.92 Å². The van der Waals surface area contributed by atoms with Gasteiger partial charge in [0.2, 0.25) is 0 Å². The zero-order valence-corrected chi connectivity index (χ0v) is 15.6. The summed E-state index contributed by atoms with van der Waals surface area (Å²) in [5, 5.41) is 0. The maximum atomic E-state index is 13.1. The topological polar surface area (TPSA) is 55.8 Å². The molecule has 26 heavy (non-hydrogen) atoms. The van der Waals surface area contributed by atoms with Gasteiger partial charge in [0.15, 0.2) is 0 Å². The lowest BCUT2D eigenvalue weighted by molar-refractivity contribution is -0.119. The van der Waals surface area contributed by atoms with Gasteiger partial charge in [-0.05, 0) is 47.7 Å². The molecule has 0 aromatic heterocycles. The first-order chi connectivity index (χ1) is 12.6. The van der Waals surface area contributed by atoms with Gasteiger partial charge in [0.05, 0.1) is 30.4 Å². The van der Waals surface area contributed by atoms with Crippen molar-refractivity contribution in [3.8, 4) is 11.5 Å². The molecule has 0 saturated heterocycles. The SMILES string of the molecule is CCSC1=C(c2ccc(OC)cc2)C(=O)N(c2ccc(OC)cc2)C1=O. The molecule has 0 saturated carbocycles. The van der Waals surface area contributed by atoms with Gasteiger partial charge < -0.3 is 9.47 Å². The van der Waals surface area contributed by atoms with Crippen LogP contribution in [0.25, 0.3) is 5.57 Å². The van der Waals surface area contributed by atoms with Crippen LogP contribution in [0.4, 0.5) is 5.69 Å². The molecule has 0 bridgehead atoms. The van der Waals surface area contributed by atoms with E-state index in [4.69, 9.17) is 9.47 Å². The molecule has 1 heterocycles. The van der Waals surface area contributed by atoms with E-state index in [0.717, 1.165) is 0 Å². The number of amides is 2. The van der Waals surface area contributed by atoms with Crippen molar-refractivity contribution in [3.05, 3.63) is 59.0 Å². The number of imide groups is 1. The fraction of sp³-hybridized carbons (Fsp3) is 0.200. The van der Waals surface area contributed by atoms with Crippen LogP contribution >= 0.6 is 11.8 Å². The van der Waals surface area contributed by atoms with Gasteiger partial charge in [-0.15, -0.1) is 11.8 Å². The maximum Gasteiger partial charge on any atom is 0.272 e. The van der Waals surface area contributed by atoms with Crippen LogP contribution in [0, 0.1) is 0 Å². The number of nitrogens with zero attached hydrogens (tertiary/aromatic N) is 1. The summed E-state index contributed by atoms with van der Waals surface area (Å²) < 4.78 is 10.3. The van der Waals surface area contributed by atoms with Crippen LogP contribution in [-0.2, 0) is 9.59 Å². The number of carbonyl (C=O) groups excluding carboxylic acids is 2. The van der Waals surface area contributed by atoms with E-state index in [9.17, 15) is 9.59 Å². The first kappa shape index (κ1) is 18.1. The smallest absolute Gasteiger partial charge is 0.272 e. The second-order valence-electron chi connectivity index (χ2n) is 5.51. The van der Waals surface area contributed by atoms with Crippen LogP contribution in [0.5, 0.6) is 11.5 Å². The fourth-order valence-corrected chi connectivity index (χ4v) is 3.62. The minimum atomic E-state index is -0.318. The lowest BCUT2D eigenvalue weighted by Crippen LogP contribution is -2.31. The van der Waals surface area contributed by atoms with Crippen molar-refractivity contribution in [2.24, 2.45) is 0 Å². The number of ether oxygens (including phenoxy) is 2. The zero-order valence-electron chi connectivity index (χ0n) is 14.8. The van der Waals surface area contributed by atoms with E-state index < -0.39 is 0 Å². The molecule has 0 N–H and O–H groups in total. The average molecular weight is 369 g/mol. The Kier molecular flexibility index (Phi) is 5.32. The van der Waals surface area contributed by atoms with E-state index in [1.54, 1.807) is 62.8 Å². The minimum Gasteiger partial charge on any atom is -0.497 e. The third-order valence-electron chi connectivity index (χ3n) is 4.04. The number of thioether (sulfide) groups is 1. The highest BCUT2D eigenvalue weighted by molar-refractivity contribution is 8.04. The Morgan fingerprint density at radius 3 is 1.88 bits per heavy atom. The number of hydrogen-bond acceptors (Lipinski definition) is 5. The molecule has 0 spiro atoms. The van der Waals surface area contributed by atoms with Crippen molar-refractivity contribution in [1.29, 1.82) is 0 Å². The normalized spacial score (nSPS) is 14.2. The average Bonchev–Trinajstić information content (AvgIpc) is 2.92. The van der Waals surface area contributed by atoms with Crippen LogP contribution in [0.15, 0.2) is 53.4 Å². The summed E-state index contributed by atoms with van der Waals surface area (Å²) in [6, 6.07) is 14.0. The first-order valence-electron chi connectivity index (χ1n) is 8.15. The van der Waals surface area contributed by atoms with Crippen LogP contribution < -0.4 is 14.4 Å². The van der Waals surface area contributed by atoms with Crippen LogP contribution in [0.3, 0.4) is 0 Å². The Labute approximate surface area is 156 Å². The molecular weight excluding hydrogens is 350 g/mol. The van der Waals surface area contributed by atoms with E-state index >= 15 is 0 Å². The van der Waals surface area contributed by atoms with E-state index in [-0.39, 0.29) is 11.8 Å². The second kappa shape index (κ2) is 7.66. The van der Waals surface area contributed by atoms with Crippen molar-refractivity contribution in [3.63, 3.8) is 0 Å². The lowest BCUT2D eigenvalue weighted by Gasteiger charge is -2.15. The molecule has 0 aliphatic carbocycles. The Morgan fingerprint density at radius 1 is 0.846 bits per heavy atom. The van der Waals surface area contributed by atoms with Gasteiger partial charge in [0.1, 0.15) is 11.5 Å². The number of rotatable bonds is 6. The number of hydrogen-bond donors (Lipinski definition) is 0. The van der Waals surface area contributed by atoms with Crippen molar-refractivity contribution in [1.82, 2.24) is 0 Å². The molecule has 0 unspecified atom stereocenters. The monoisotopic (exact) mass is 369 g/mol. The fourth-order valence-electron chi connectivity index (χ4n) is 2.77. The number of benzene rings is 2. The summed E-state index contributed by atoms with van der Waals surface area (Å²) >= 11 is 1.38. The first-order valence-corrected chi connectivity index (χ1v) is 9.13. The predicted molar refractivity (Wildman–Crippen MR) is 104 cm³/mol. The summed E-state index contributed by atoms with van der Waals surface area (Å²) in [4.78, 5) is 27.7. The van der Waals surface area contributed by atoms with Crippen LogP contribution in [0.1, 0.15) is 12.5 Å². The Morgan fingerprint density at radius 2 is 1.38 bits per heavy atom. The molecule has 2 amide bonds. The molecule has 2 aromatic carbocycles. The highest BCUT2D eigenvalue weighted by atomic mass is 32.2. The van der Waals surface area contributed by atoms with E-state index in [0.29, 0.717) is 39.0 Å². The van der Waals surface area contributed by atoms with Gasteiger partial charge in [-0.1, -0.05) is 19.1 Å². The molecule has 1 aliphatic heterocycles. The molecule has 0 radical (unpaired) electrons.